The van der Waals surface area contributed by atoms with Crippen LogP contribution < -0.4 is 5.32 Å². The lowest BCUT2D eigenvalue weighted by atomic mass is 9.71. The van der Waals surface area contributed by atoms with Crippen LogP contribution in [0.2, 0.25) is 0 Å². The van der Waals surface area contributed by atoms with Crippen LogP contribution >= 0.6 is 11.8 Å². The monoisotopic (exact) mass is 289 g/mol. The number of benzene rings is 1. The molecule has 110 valence electrons. The van der Waals surface area contributed by atoms with Gasteiger partial charge in [-0.3, -0.25) is 0 Å². The molecule has 2 saturated carbocycles. The molecule has 0 bridgehead atoms. The van der Waals surface area contributed by atoms with E-state index < -0.39 is 0 Å². The molecule has 2 heteroatoms. The topological polar surface area (TPSA) is 12.0 Å². The van der Waals surface area contributed by atoms with Gasteiger partial charge in [0.2, 0.25) is 0 Å². The van der Waals surface area contributed by atoms with Crippen molar-refractivity contribution in [1.29, 1.82) is 0 Å². The van der Waals surface area contributed by atoms with Gasteiger partial charge in [-0.1, -0.05) is 31.0 Å². The number of rotatable bonds is 5. The van der Waals surface area contributed by atoms with Crippen LogP contribution in [-0.2, 0) is 0 Å². The fourth-order valence-electron chi connectivity index (χ4n) is 4.01. The number of thioether (sulfide) groups is 1. The summed E-state index contributed by atoms with van der Waals surface area (Å²) < 4.78 is 0. The van der Waals surface area contributed by atoms with E-state index in [1.54, 1.807) is 0 Å². The van der Waals surface area contributed by atoms with E-state index in [1.807, 2.05) is 11.8 Å². The van der Waals surface area contributed by atoms with Crippen molar-refractivity contribution in [3.8, 4) is 0 Å². The van der Waals surface area contributed by atoms with Gasteiger partial charge in [0.25, 0.3) is 0 Å². The van der Waals surface area contributed by atoms with Crippen LogP contribution in [0.1, 0.15) is 51.4 Å². The molecular formula is C18H27NS. The van der Waals surface area contributed by atoms with E-state index in [9.17, 15) is 0 Å². The molecule has 0 saturated heterocycles. The molecule has 20 heavy (non-hydrogen) atoms. The molecule has 0 atom stereocenters. The molecule has 2 fully saturated rings. The fourth-order valence-corrected chi connectivity index (χ4v) is 4.81. The first-order chi connectivity index (χ1) is 9.86. The number of hydrogen-bond acceptors (Lipinski definition) is 2. The third-order valence-corrected chi connectivity index (χ3v) is 6.27. The lowest BCUT2D eigenvalue weighted by molar-refractivity contribution is 0.170. The maximum absolute atomic E-state index is 3.78. The van der Waals surface area contributed by atoms with Crippen LogP contribution in [0, 0.1) is 5.41 Å². The Morgan fingerprint density at radius 1 is 1.00 bits per heavy atom. The van der Waals surface area contributed by atoms with Gasteiger partial charge < -0.3 is 5.32 Å². The highest BCUT2D eigenvalue weighted by Crippen LogP contribution is 2.48. The SMILES string of the molecule is c1ccc(SCCNC2CCC3(CCCC3)CC2)cc1. The van der Waals surface area contributed by atoms with Gasteiger partial charge in [-0.15, -0.1) is 11.8 Å². The van der Waals surface area contributed by atoms with Crippen molar-refractivity contribution >= 4 is 11.8 Å². The van der Waals surface area contributed by atoms with E-state index in [-0.39, 0.29) is 0 Å². The second-order valence-corrected chi connectivity index (χ2v) is 7.77. The Balaban J connectivity index is 1.32. The highest BCUT2D eigenvalue weighted by atomic mass is 32.2. The van der Waals surface area contributed by atoms with Crippen LogP contribution in [0.25, 0.3) is 0 Å². The number of hydrogen-bond donors (Lipinski definition) is 1. The zero-order valence-corrected chi connectivity index (χ0v) is 13.3. The lowest BCUT2D eigenvalue weighted by Crippen LogP contribution is -2.37. The third-order valence-electron chi connectivity index (χ3n) is 5.26. The molecule has 0 aromatic heterocycles. The summed E-state index contributed by atoms with van der Waals surface area (Å²) in [6.45, 7) is 1.15. The molecule has 3 rings (SSSR count). The minimum atomic E-state index is 0.775. The minimum Gasteiger partial charge on any atom is -0.313 e. The second kappa shape index (κ2) is 7.00. The number of nitrogens with one attached hydrogen (secondary N) is 1. The van der Waals surface area contributed by atoms with Crippen LogP contribution in [0.4, 0.5) is 0 Å². The summed E-state index contributed by atoms with van der Waals surface area (Å²) >= 11 is 1.97. The first kappa shape index (κ1) is 14.5. The second-order valence-electron chi connectivity index (χ2n) is 6.60. The first-order valence-electron chi connectivity index (χ1n) is 8.28. The van der Waals surface area contributed by atoms with Crippen molar-refractivity contribution in [2.24, 2.45) is 5.41 Å². The molecule has 0 amide bonds. The van der Waals surface area contributed by atoms with Gasteiger partial charge >= 0.3 is 0 Å². The van der Waals surface area contributed by atoms with Crippen LogP contribution in [0.15, 0.2) is 35.2 Å². The normalized spacial score (nSPS) is 22.4. The molecule has 2 aliphatic carbocycles. The Hall–Kier alpha value is -0.470. The fraction of sp³-hybridized carbons (Fsp3) is 0.667. The zero-order valence-electron chi connectivity index (χ0n) is 12.4. The van der Waals surface area contributed by atoms with Gasteiger partial charge in [0.15, 0.2) is 0 Å². The van der Waals surface area contributed by atoms with Crippen molar-refractivity contribution in [2.75, 3.05) is 12.3 Å². The van der Waals surface area contributed by atoms with Crippen LogP contribution in [0.3, 0.4) is 0 Å². The van der Waals surface area contributed by atoms with Crippen molar-refractivity contribution in [3.63, 3.8) is 0 Å². The predicted molar refractivity (Wildman–Crippen MR) is 88.3 cm³/mol. The summed E-state index contributed by atoms with van der Waals surface area (Å²) in [5.74, 6) is 1.19. The average Bonchev–Trinajstić information content (AvgIpc) is 2.95. The van der Waals surface area contributed by atoms with Gasteiger partial charge in [0, 0.05) is 23.2 Å². The van der Waals surface area contributed by atoms with Crippen molar-refractivity contribution in [2.45, 2.75) is 62.3 Å². The van der Waals surface area contributed by atoms with E-state index in [0.717, 1.165) is 18.0 Å². The summed E-state index contributed by atoms with van der Waals surface area (Å²) in [7, 11) is 0. The standard InChI is InChI=1S/C18H27NS/c1-2-6-17(7-3-1)20-15-14-19-16-8-12-18(13-9-16)10-4-5-11-18/h1-3,6-7,16,19H,4-5,8-15H2. The quantitative estimate of drug-likeness (QED) is 0.613. The highest BCUT2D eigenvalue weighted by Gasteiger charge is 2.37. The Kier molecular flexibility index (Phi) is 5.06. The van der Waals surface area contributed by atoms with Crippen molar-refractivity contribution < 1.29 is 0 Å². The summed E-state index contributed by atoms with van der Waals surface area (Å²) in [6.07, 6.45) is 11.8. The summed E-state index contributed by atoms with van der Waals surface area (Å²) in [4.78, 5) is 1.39. The third kappa shape index (κ3) is 3.79. The Morgan fingerprint density at radius 3 is 2.40 bits per heavy atom. The lowest BCUT2D eigenvalue weighted by Gasteiger charge is -2.37. The maximum atomic E-state index is 3.78. The van der Waals surface area contributed by atoms with Crippen molar-refractivity contribution in [3.05, 3.63) is 30.3 Å². The van der Waals surface area contributed by atoms with E-state index >= 15 is 0 Å². The van der Waals surface area contributed by atoms with Gasteiger partial charge in [-0.2, -0.15) is 0 Å². The molecular weight excluding hydrogens is 262 g/mol. The highest BCUT2D eigenvalue weighted by molar-refractivity contribution is 7.99. The first-order valence-corrected chi connectivity index (χ1v) is 9.26. The average molecular weight is 289 g/mol. The smallest absolute Gasteiger partial charge is 0.0106 e. The molecule has 1 spiro atoms. The molecule has 0 unspecified atom stereocenters. The van der Waals surface area contributed by atoms with Gasteiger partial charge in [-0.05, 0) is 56.1 Å². The Morgan fingerprint density at radius 2 is 1.70 bits per heavy atom. The van der Waals surface area contributed by atoms with Crippen LogP contribution in [0.5, 0.6) is 0 Å². The summed E-state index contributed by atoms with van der Waals surface area (Å²) in [5.41, 5.74) is 0.775. The van der Waals surface area contributed by atoms with E-state index in [4.69, 9.17) is 0 Å². The molecule has 1 aromatic carbocycles. The van der Waals surface area contributed by atoms with E-state index in [0.29, 0.717) is 0 Å². The molecule has 1 nitrogen and oxygen atoms in total. The molecule has 2 aliphatic rings. The molecule has 1 aromatic rings. The van der Waals surface area contributed by atoms with Crippen molar-refractivity contribution in [1.82, 2.24) is 5.32 Å². The van der Waals surface area contributed by atoms with E-state index in [2.05, 4.69) is 35.6 Å². The molecule has 0 heterocycles. The largest absolute Gasteiger partial charge is 0.313 e. The van der Waals surface area contributed by atoms with E-state index in [1.165, 1.54) is 62.0 Å². The summed E-state index contributed by atoms with van der Waals surface area (Å²) in [6, 6.07) is 11.5. The predicted octanol–water partition coefficient (Wildman–Crippen LogP) is 4.87. The van der Waals surface area contributed by atoms with Gasteiger partial charge in [-0.25, -0.2) is 0 Å². The summed E-state index contributed by atoms with van der Waals surface area (Å²) in [5, 5.41) is 3.78. The van der Waals surface area contributed by atoms with Gasteiger partial charge in [0.05, 0.1) is 0 Å². The minimum absolute atomic E-state index is 0.775. The molecule has 0 aliphatic heterocycles. The zero-order chi connectivity index (χ0) is 13.7. The maximum Gasteiger partial charge on any atom is 0.0106 e. The molecule has 1 N–H and O–H groups in total. The molecule has 0 radical (unpaired) electrons. The Bertz CT molecular complexity index is 387. The van der Waals surface area contributed by atoms with Gasteiger partial charge in [0.1, 0.15) is 0 Å². The van der Waals surface area contributed by atoms with Crippen LogP contribution in [-0.4, -0.2) is 18.3 Å². The Labute approximate surface area is 127 Å².